The number of nitrogens with zero attached hydrogens (tertiary/aromatic N) is 1. The number of nitrogens with one attached hydrogen (secondary N) is 1. The Kier molecular flexibility index (Phi) is 5.74. The van der Waals surface area contributed by atoms with Crippen LogP contribution in [0.2, 0.25) is 0 Å². The first-order valence-corrected chi connectivity index (χ1v) is 9.77. The highest BCUT2D eigenvalue weighted by Crippen LogP contribution is 2.38. The van der Waals surface area contributed by atoms with Crippen molar-refractivity contribution in [1.82, 2.24) is 4.90 Å². The van der Waals surface area contributed by atoms with Gasteiger partial charge in [-0.2, -0.15) is 0 Å². The second kappa shape index (κ2) is 8.02. The van der Waals surface area contributed by atoms with Crippen LogP contribution in [0.4, 0.5) is 5.69 Å². The Hall–Kier alpha value is -2.17. The maximum Gasteiger partial charge on any atom is 0.233 e. The molecule has 0 bridgehead atoms. The maximum absolute atomic E-state index is 12.5. The second-order valence-corrected chi connectivity index (χ2v) is 7.52. The summed E-state index contributed by atoms with van der Waals surface area (Å²) >= 11 is 0. The first-order chi connectivity index (χ1) is 12.5. The monoisotopic (exact) mass is 356 g/mol. The van der Waals surface area contributed by atoms with Crippen molar-refractivity contribution in [2.75, 3.05) is 11.9 Å². The van der Waals surface area contributed by atoms with Crippen LogP contribution in [0, 0.1) is 11.8 Å². The Balaban J connectivity index is 1.60. The van der Waals surface area contributed by atoms with Crippen LogP contribution < -0.4 is 5.32 Å². The minimum atomic E-state index is -0.156. The lowest BCUT2D eigenvalue weighted by molar-refractivity contribution is -0.140. The van der Waals surface area contributed by atoms with Gasteiger partial charge in [-0.3, -0.25) is 19.3 Å². The number of amides is 3. The molecule has 0 aromatic heterocycles. The third-order valence-electron chi connectivity index (χ3n) is 5.87. The number of hydrogen-bond acceptors (Lipinski definition) is 3. The molecule has 1 aliphatic heterocycles. The van der Waals surface area contributed by atoms with Crippen LogP contribution in [0.15, 0.2) is 24.3 Å². The molecule has 1 aliphatic carbocycles. The molecular formula is C21H28N2O3. The van der Waals surface area contributed by atoms with Crippen molar-refractivity contribution in [3.05, 3.63) is 29.8 Å². The Morgan fingerprint density at radius 2 is 1.77 bits per heavy atom. The topological polar surface area (TPSA) is 66.5 Å². The highest BCUT2D eigenvalue weighted by atomic mass is 16.2. The van der Waals surface area contributed by atoms with Crippen LogP contribution in [0.1, 0.15) is 63.9 Å². The summed E-state index contributed by atoms with van der Waals surface area (Å²) in [6, 6.07) is 7.81. The number of imide groups is 1. The summed E-state index contributed by atoms with van der Waals surface area (Å²) in [5.41, 5.74) is 1.93. The van der Waals surface area contributed by atoms with Crippen LogP contribution in [-0.4, -0.2) is 29.2 Å². The molecule has 1 N–H and O–H groups in total. The van der Waals surface area contributed by atoms with E-state index < -0.39 is 0 Å². The minimum Gasteiger partial charge on any atom is -0.326 e. The third kappa shape index (κ3) is 3.67. The molecule has 3 atom stereocenters. The van der Waals surface area contributed by atoms with Crippen molar-refractivity contribution in [2.24, 2.45) is 11.8 Å². The van der Waals surface area contributed by atoms with E-state index in [0.29, 0.717) is 5.92 Å². The van der Waals surface area contributed by atoms with Gasteiger partial charge in [-0.05, 0) is 36.8 Å². The molecule has 5 nitrogen and oxygen atoms in total. The van der Waals surface area contributed by atoms with Gasteiger partial charge in [-0.25, -0.2) is 0 Å². The predicted molar refractivity (Wildman–Crippen MR) is 101 cm³/mol. The molecule has 140 valence electrons. The van der Waals surface area contributed by atoms with Crippen LogP contribution >= 0.6 is 0 Å². The maximum atomic E-state index is 12.5. The fourth-order valence-electron chi connectivity index (χ4n) is 4.14. The van der Waals surface area contributed by atoms with Crippen LogP contribution in [-0.2, 0) is 14.4 Å². The van der Waals surface area contributed by atoms with E-state index >= 15 is 0 Å². The van der Waals surface area contributed by atoms with Crippen molar-refractivity contribution in [2.45, 2.75) is 58.3 Å². The molecule has 1 saturated carbocycles. The van der Waals surface area contributed by atoms with E-state index in [9.17, 15) is 14.4 Å². The smallest absolute Gasteiger partial charge is 0.233 e. The SMILES string of the molecule is CC[C@@H](C)c1ccccc1NC(=O)CCN1C(=O)[C@H]2CCCC[C@@H]2C1=O. The van der Waals surface area contributed by atoms with E-state index in [2.05, 4.69) is 19.2 Å². The molecule has 0 unspecified atom stereocenters. The molecule has 2 fully saturated rings. The number of fused-ring (bicyclic) bond motifs is 1. The average molecular weight is 356 g/mol. The second-order valence-electron chi connectivity index (χ2n) is 7.52. The number of anilines is 1. The van der Waals surface area contributed by atoms with Crippen molar-refractivity contribution >= 4 is 23.4 Å². The first kappa shape index (κ1) is 18.6. The molecule has 5 heteroatoms. The van der Waals surface area contributed by atoms with Gasteiger partial charge < -0.3 is 5.32 Å². The van der Waals surface area contributed by atoms with E-state index in [4.69, 9.17) is 0 Å². The molecule has 2 aliphatic rings. The summed E-state index contributed by atoms with van der Waals surface area (Å²) in [5.74, 6) is -0.247. The number of carbonyl (C=O) groups excluding carboxylic acids is 3. The Labute approximate surface area is 155 Å². The summed E-state index contributed by atoms with van der Waals surface area (Å²) in [6.07, 6.45) is 4.78. The minimum absolute atomic E-state index is 0.0764. The number of likely N-dealkylation sites (tertiary alicyclic amines) is 1. The van der Waals surface area contributed by atoms with E-state index in [0.717, 1.165) is 43.4 Å². The van der Waals surface area contributed by atoms with E-state index in [1.807, 2.05) is 24.3 Å². The van der Waals surface area contributed by atoms with Crippen molar-refractivity contribution in [1.29, 1.82) is 0 Å². The lowest BCUT2D eigenvalue weighted by atomic mass is 9.81. The lowest BCUT2D eigenvalue weighted by Crippen LogP contribution is -2.34. The Morgan fingerprint density at radius 1 is 1.15 bits per heavy atom. The molecular weight excluding hydrogens is 328 g/mol. The summed E-state index contributed by atoms with van der Waals surface area (Å²) in [6.45, 7) is 4.43. The summed E-state index contributed by atoms with van der Waals surface area (Å²) in [7, 11) is 0. The van der Waals surface area contributed by atoms with Gasteiger partial charge in [-0.1, -0.05) is 44.9 Å². The third-order valence-corrected chi connectivity index (χ3v) is 5.87. The summed E-state index contributed by atoms with van der Waals surface area (Å²) < 4.78 is 0. The van der Waals surface area contributed by atoms with Crippen molar-refractivity contribution in [3.8, 4) is 0 Å². The van der Waals surface area contributed by atoms with Crippen LogP contribution in [0.5, 0.6) is 0 Å². The largest absolute Gasteiger partial charge is 0.326 e. The van der Waals surface area contributed by atoms with Crippen molar-refractivity contribution in [3.63, 3.8) is 0 Å². The van der Waals surface area contributed by atoms with Gasteiger partial charge in [0.2, 0.25) is 17.7 Å². The number of para-hydroxylation sites is 1. The van der Waals surface area contributed by atoms with Crippen LogP contribution in [0.25, 0.3) is 0 Å². The fraction of sp³-hybridized carbons (Fsp3) is 0.571. The number of hydrogen-bond donors (Lipinski definition) is 1. The molecule has 1 aromatic rings. The number of rotatable bonds is 6. The predicted octanol–water partition coefficient (Wildman–Crippen LogP) is 3.70. The Bertz CT molecular complexity index is 676. The molecule has 1 heterocycles. The number of carbonyl (C=O) groups is 3. The van der Waals surface area contributed by atoms with Crippen molar-refractivity contribution < 1.29 is 14.4 Å². The number of benzene rings is 1. The van der Waals surface area contributed by atoms with Gasteiger partial charge in [0.25, 0.3) is 0 Å². The van der Waals surface area contributed by atoms with Gasteiger partial charge in [0.1, 0.15) is 0 Å². The highest BCUT2D eigenvalue weighted by molar-refractivity contribution is 6.05. The highest BCUT2D eigenvalue weighted by Gasteiger charge is 2.47. The van der Waals surface area contributed by atoms with E-state index in [1.165, 1.54) is 4.90 Å². The molecule has 3 amide bonds. The van der Waals surface area contributed by atoms with Gasteiger partial charge in [-0.15, -0.1) is 0 Å². The normalized spacial score (nSPS) is 23.7. The van der Waals surface area contributed by atoms with E-state index in [-0.39, 0.29) is 42.5 Å². The molecule has 1 saturated heterocycles. The van der Waals surface area contributed by atoms with Gasteiger partial charge in [0, 0.05) is 18.7 Å². The molecule has 1 aromatic carbocycles. The standard InChI is InChI=1S/C21H28N2O3/c1-3-14(2)15-8-6-7-11-18(15)22-19(24)12-13-23-20(25)16-9-4-5-10-17(16)21(23)26/h6-8,11,14,16-17H,3-5,9-10,12-13H2,1-2H3,(H,22,24)/t14-,16+,17+/m1/s1. The van der Waals surface area contributed by atoms with Gasteiger partial charge in [0.05, 0.1) is 11.8 Å². The fourth-order valence-corrected chi connectivity index (χ4v) is 4.14. The molecule has 0 radical (unpaired) electrons. The van der Waals surface area contributed by atoms with E-state index in [1.54, 1.807) is 0 Å². The zero-order chi connectivity index (χ0) is 18.7. The zero-order valence-corrected chi connectivity index (χ0v) is 15.7. The first-order valence-electron chi connectivity index (χ1n) is 9.77. The Morgan fingerprint density at radius 3 is 2.38 bits per heavy atom. The van der Waals surface area contributed by atoms with Gasteiger partial charge in [0.15, 0.2) is 0 Å². The summed E-state index contributed by atoms with van der Waals surface area (Å²) in [5, 5.41) is 2.95. The molecule has 3 rings (SSSR count). The molecule has 26 heavy (non-hydrogen) atoms. The average Bonchev–Trinajstić information content (AvgIpc) is 2.91. The summed E-state index contributed by atoms with van der Waals surface area (Å²) in [4.78, 5) is 38.7. The molecule has 0 spiro atoms. The van der Waals surface area contributed by atoms with Gasteiger partial charge >= 0.3 is 0 Å². The van der Waals surface area contributed by atoms with Crippen LogP contribution in [0.3, 0.4) is 0 Å². The lowest BCUT2D eigenvalue weighted by Gasteiger charge is -2.19. The zero-order valence-electron chi connectivity index (χ0n) is 15.7. The quantitative estimate of drug-likeness (QED) is 0.790.